The Hall–Kier alpha value is -2.56. The van der Waals surface area contributed by atoms with Crippen molar-refractivity contribution in [3.63, 3.8) is 0 Å². The minimum absolute atomic E-state index is 0. The van der Waals surface area contributed by atoms with Gasteiger partial charge < -0.3 is 25.4 Å². The van der Waals surface area contributed by atoms with Crippen molar-refractivity contribution in [2.24, 2.45) is 4.99 Å². The van der Waals surface area contributed by atoms with Crippen molar-refractivity contribution in [3.05, 3.63) is 53.8 Å². The van der Waals surface area contributed by atoms with Crippen molar-refractivity contribution in [3.8, 4) is 11.5 Å². The second-order valence-electron chi connectivity index (χ2n) is 6.75. The van der Waals surface area contributed by atoms with Crippen LogP contribution >= 0.6 is 24.0 Å². The largest absolute Gasteiger partial charge is 0.490 e. The van der Waals surface area contributed by atoms with Gasteiger partial charge in [-0.1, -0.05) is 12.1 Å². The lowest BCUT2D eigenvalue weighted by molar-refractivity contribution is -0.120. The standard InChI is InChI=1S/C22H27FN4O3.HI/c1-2-24-22(27-18-7-8-19-20(15-18)30-12-4-11-29-19)26-10-9-25-21(28)14-16-5-3-6-17(23)13-16;/h3,5-8,13,15H,2,4,9-12,14H2,1H3,(H,25,28)(H2,24,26,27);1H. The molecule has 1 aliphatic rings. The molecule has 0 radical (unpaired) electrons. The number of benzene rings is 2. The molecule has 0 saturated carbocycles. The third-order valence-electron chi connectivity index (χ3n) is 4.31. The smallest absolute Gasteiger partial charge is 0.224 e. The molecule has 3 rings (SSSR count). The molecule has 0 aromatic heterocycles. The van der Waals surface area contributed by atoms with Gasteiger partial charge in [-0.05, 0) is 36.8 Å². The summed E-state index contributed by atoms with van der Waals surface area (Å²) in [6.45, 7) is 4.73. The first kappa shape index (κ1) is 24.7. The van der Waals surface area contributed by atoms with Crippen LogP contribution in [0.25, 0.3) is 0 Å². The highest BCUT2D eigenvalue weighted by Crippen LogP contribution is 2.32. The topological polar surface area (TPSA) is 84.0 Å². The molecule has 7 nitrogen and oxygen atoms in total. The van der Waals surface area contributed by atoms with Crippen LogP contribution in [-0.4, -0.2) is 44.7 Å². The molecule has 0 bridgehead atoms. The summed E-state index contributed by atoms with van der Waals surface area (Å²) in [5.41, 5.74) is 1.47. The third-order valence-corrected chi connectivity index (χ3v) is 4.31. The van der Waals surface area contributed by atoms with Gasteiger partial charge in [-0.25, -0.2) is 4.39 Å². The van der Waals surface area contributed by atoms with E-state index < -0.39 is 0 Å². The quantitative estimate of drug-likeness (QED) is 0.217. The monoisotopic (exact) mass is 542 g/mol. The first-order valence-electron chi connectivity index (χ1n) is 10.1. The summed E-state index contributed by atoms with van der Waals surface area (Å²) in [6, 6.07) is 11.7. The Morgan fingerprint density at radius 1 is 1.10 bits per heavy atom. The summed E-state index contributed by atoms with van der Waals surface area (Å²) in [5.74, 6) is 1.53. The molecule has 0 aliphatic carbocycles. The van der Waals surface area contributed by atoms with Crippen LogP contribution in [0.15, 0.2) is 47.5 Å². The summed E-state index contributed by atoms with van der Waals surface area (Å²) < 4.78 is 24.6. The van der Waals surface area contributed by atoms with E-state index in [2.05, 4.69) is 20.9 Å². The molecule has 2 aromatic carbocycles. The number of carbonyl (C=O) groups excluding carboxylic acids is 1. The van der Waals surface area contributed by atoms with E-state index in [0.717, 1.165) is 17.9 Å². The maximum atomic E-state index is 13.2. The van der Waals surface area contributed by atoms with Gasteiger partial charge in [0.25, 0.3) is 0 Å². The Labute approximate surface area is 198 Å². The lowest BCUT2D eigenvalue weighted by Crippen LogP contribution is -2.32. The van der Waals surface area contributed by atoms with E-state index >= 15 is 0 Å². The number of fused-ring (bicyclic) bond motifs is 1. The molecule has 0 unspecified atom stereocenters. The van der Waals surface area contributed by atoms with Gasteiger partial charge in [0.1, 0.15) is 5.82 Å². The molecule has 9 heteroatoms. The normalized spacial score (nSPS) is 12.9. The highest BCUT2D eigenvalue weighted by molar-refractivity contribution is 14.0. The van der Waals surface area contributed by atoms with Crippen molar-refractivity contribution in [1.29, 1.82) is 0 Å². The van der Waals surface area contributed by atoms with Crippen molar-refractivity contribution in [1.82, 2.24) is 10.6 Å². The van der Waals surface area contributed by atoms with Crippen LogP contribution in [0.2, 0.25) is 0 Å². The number of carbonyl (C=O) groups is 1. The number of halogens is 2. The number of hydrogen-bond acceptors (Lipinski definition) is 4. The summed E-state index contributed by atoms with van der Waals surface area (Å²) in [5, 5.41) is 9.20. The van der Waals surface area contributed by atoms with Crippen molar-refractivity contribution >= 4 is 41.5 Å². The van der Waals surface area contributed by atoms with E-state index in [9.17, 15) is 9.18 Å². The predicted octanol–water partition coefficient (Wildman–Crippen LogP) is 3.34. The van der Waals surface area contributed by atoms with Gasteiger partial charge in [-0.15, -0.1) is 24.0 Å². The first-order valence-corrected chi connectivity index (χ1v) is 10.1. The highest BCUT2D eigenvalue weighted by atomic mass is 127. The van der Waals surface area contributed by atoms with E-state index in [1.165, 1.54) is 12.1 Å². The number of hydrogen-bond donors (Lipinski definition) is 3. The fraction of sp³-hybridized carbons (Fsp3) is 0.364. The highest BCUT2D eigenvalue weighted by Gasteiger charge is 2.11. The van der Waals surface area contributed by atoms with E-state index in [4.69, 9.17) is 9.47 Å². The zero-order chi connectivity index (χ0) is 21.2. The van der Waals surface area contributed by atoms with Gasteiger partial charge >= 0.3 is 0 Å². The molecule has 0 atom stereocenters. The number of rotatable bonds is 7. The summed E-state index contributed by atoms with van der Waals surface area (Å²) in [4.78, 5) is 16.5. The third kappa shape index (κ3) is 8.23. The van der Waals surface area contributed by atoms with E-state index in [1.807, 2.05) is 25.1 Å². The Kier molecular flexibility index (Phi) is 10.3. The molecule has 1 amide bonds. The molecule has 1 aliphatic heterocycles. The van der Waals surface area contributed by atoms with Crippen LogP contribution in [0.1, 0.15) is 18.9 Å². The van der Waals surface area contributed by atoms with Crippen LogP contribution in [0.4, 0.5) is 10.1 Å². The number of aliphatic imine (C=N–C) groups is 1. The summed E-state index contributed by atoms with van der Waals surface area (Å²) in [6.07, 6.45) is 0.990. The fourth-order valence-electron chi connectivity index (χ4n) is 2.94. The van der Waals surface area contributed by atoms with Crippen LogP contribution < -0.4 is 25.4 Å². The maximum Gasteiger partial charge on any atom is 0.224 e. The Morgan fingerprint density at radius 3 is 2.68 bits per heavy atom. The molecule has 31 heavy (non-hydrogen) atoms. The summed E-state index contributed by atoms with van der Waals surface area (Å²) in [7, 11) is 0. The molecule has 2 aromatic rings. The number of anilines is 1. The van der Waals surface area contributed by atoms with Crippen LogP contribution in [-0.2, 0) is 11.2 Å². The molecule has 0 spiro atoms. The fourth-order valence-corrected chi connectivity index (χ4v) is 2.94. The summed E-state index contributed by atoms with van der Waals surface area (Å²) >= 11 is 0. The van der Waals surface area contributed by atoms with Gasteiger partial charge in [-0.2, -0.15) is 0 Å². The minimum atomic E-state index is -0.346. The van der Waals surface area contributed by atoms with Gasteiger partial charge in [0, 0.05) is 31.3 Å². The van der Waals surface area contributed by atoms with E-state index in [0.29, 0.717) is 50.1 Å². The SMILES string of the molecule is CCNC(=NCCNC(=O)Cc1cccc(F)c1)Nc1ccc2c(c1)OCCCO2.I. The zero-order valence-corrected chi connectivity index (χ0v) is 19.8. The Balaban J connectivity index is 0.00000341. The molecule has 168 valence electrons. The minimum Gasteiger partial charge on any atom is -0.490 e. The molecular formula is C22H28FIN4O3. The van der Waals surface area contributed by atoms with Gasteiger partial charge in [0.2, 0.25) is 5.91 Å². The second-order valence-corrected chi connectivity index (χ2v) is 6.75. The van der Waals surface area contributed by atoms with Crippen molar-refractivity contribution < 1.29 is 18.7 Å². The number of nitrogens with zero attached hydrogens (tertiary/aromatic N) is 1. The maximum absolute atomic E-state index is 13.2. The Bertz CT molecular complexity index is 895. The van der Waals surface area contributed by atoms with Crippen LogP contribution in [0.5, 0.6) is 11.5 Å². The number of amides is 1. The van der Waals surface area contributed by atoms with Crippen molar-refractivity contribution in [2.45, 2.75) is 19.8 Å². The van der Waals surface area contributed by atoms with Gasteiger partial charge in [0.15, 0.2) is 17.5 Å². The first-order chi connectivity index (χ1) is 14.6. The van der Waals surface area contributed by atoms with Crippen LogP contribution in [0, 0.1) is 5.82 Å². The van der Waals surface area contributed by atoms with Crippen LogP contribution in [0.3, 0.4) is 0 Å². The van der Waals surface area contributed by atoms with E-state index in [-0.39, 0.29) is 42.1 Å². The van der Waals surface area contributed by atoms with Gasteiger partial charge in [-0.3, -0.25) is 9.79 Å². The molecule has 1 heterocycles. The average Bonchev–Trinajstić information content (AvgIpc) is 2.96. The molecule has 0 saturated heterocycles. The Morgan fingerprint density at radius 2 is 1.90 bits per heavy atom. The zero-order valence-electron chi connectivity index (χ0n) is 17.4. The molecular weight excluding hydrogens is 514 g/mol. The lowest BCUT2D eigenvalue weighted by atomic mass is 10.1. The second kappa shape index (κ2) is 13.0. The molecule has 0 fully saturated rings. The molecule has 3 N–H and O–H groups in total. The van der Waals surface area contributed by atoms with Gasteiger partial charge in [0.05, 0.1) is 26.2 Å². The van der Waals surface area contributed by atoms with E-state index in [1.54, 1.807) is 12.1 Å². The average molecular weight is 542 g/mol. The number of guanidine groups is 1. The number of nitrogens with one attached hydrogen (secondary N) is 3. The van der Waals surface area contributed by atoms with Crippen molar-refractivity contribution in [2.75, 3.05) is 38.2 Å². The lowest BCUT2D eigenvalue weighted by Gasteiger charge is -2.14. The predicted molar refractivity (Wildman–Crippen MR) is 130 cm³/mol. The number of ether oxygens (including phenoxy) is 2.